The summed E-state index contributed by atoms with van der Waals surface area (Å²) < 4.78 is 9.86. The molecule has 6 nitrogen and oxygen atoms in total. The van der Waals surface area contributed by atoms with Gasteiger partial charge in [0.05, 0.1) is 5.56 Å². The average molecular weight is 263 g/mol. The Morgan fingerprint density at radius 2 is 2.21 bits per heavy atom. The van der Waals surface area contributed by atoms with E-state index >= 15 is 0 Å². The number of ether oxygens (including phenoxy) is 1. The highest BCUT2D eigenvalue weighted by Gasteiger charge is 2.12. The second-order valence-electron chi connectivity index (χ2n) is 4.77. The summed E-state index contributed by atoms with van der Waals surface area (Å²) in [6.45, 7) is 4.43. The Kier molecular flexibility index (Phi) is 4.11. The maximum Gasteiger partial charge on any atom is 0.259 e. The van der Waals surface area contributed by atoms with Crippen LogP contribution in [0, 0.1) is 5.92 Å². The minimum Gasteiger partial charge on any atom is -0.375 e. The highest BCUT2D eigenvalue weighted by atomic mass is 16.5. The summed E-state index contributed by atoms with van der Waals surface area (Å²) in [5, 5.41) is 3.77. The van der Waals surface area contributed by atoms with Gasteiger partial charge in [0.25, 0.3) is 11.4 Å². The zero-order chi connectivity index (χ0) is 13.8. The van der Waals surface area contributed by atoms with Gasteiger partial charge in [0, 0.05) is 12.8 Å². The van der Waals surface area contributed by atoms with Gasteiger partial charge in [0.2, 0.25) is 5.82 Å². The van der Waals surface area contributed by atoms with Crippen LogP contribution in [0.2, 0.25) is 0 Å². The Balaban J connectivity index is 2.27. The number of H-pyrrole nitrogens is 1. The van der Waals surface area contributed by atoms with Crippen molar-refractivity contribution in [2.45, 2.75) is 26.9 Å². The first-order chi connectivity index (χ1) is 9.10. The normalized spacial score (nSPS) is 11.2. The van der Waals surface area contributed by atoms with E-state index in [2.05, 4.69) is 29.0 Å². The number of pyridine rings is 1. The molecule has 0 bridgehead atoms. The van der Waals surface area contributed by atoms with Crippen LogP contribution < -0.4 is 5.56 Å². The largest absolute Gasteiger partial charge is 0.375 e. The van der Waals surface area contributed by atoms with E-state index < -0.39 is 0 Å². The highest BCUT2D eigenvalue weighted by molar-refractivity contribution is 5.52. The zero-order valence-electron chi connectivity index (χ0n) is 11.3. The van der Waals surface area contributed by atoms with Crippen molar-refractivity contribution in [2.24, 2.45) is 5.92 Å². The molecule has 0 aliphatic rings. The van der Waals surface area contributed by atoms with Gasteiger partial charge in [-0.2, -0.15) is 4.98 Å². The van der Waals surface area contributed by atoms with Gasteiger partial charge in [-0.15, -0.1) is 0 Å². The van der Waals surface area contributed by atoms with Crippen molar-refractivity contribution in [3.63, 3.8) is 0 Å². The second-order valence-corrected chi connectivity index (χ2v) is 4.77. The van der Waals surface area contributed by atoms with Crippen molar-refractivity contribution in [1.29, 1.82) is 0 Å². The topological polar surface area (TPSA) is 81.0 Å². The van der Waals surface area contributed by atoms with Crippen LogP contribution in [0.4, 0.5) is 0 Å². The van der Waals surface area contributed by atoms with Crippen LogP contribution in [0.1, 0.15) is 25.4 Å². The predicted molar refractivity (Wildman–Crippen MR) is 69.6 cm³/mol. The number of aromatic nitrogens is 3. The predicted octanol–water partition coefficient (Wildman–Crippen LogP) is 1.77. The fourth-order valence-electron chi connectivity index (χ4n) is 1.80. The molecule has 2 heterocycles. The lowest BCUT2D eigenvalue weighted by atomic mass is 10.1. The van der Waals surface area contributed by atoms with Crippen LogP contribution in [-0.2, 0) is 17.8 Å². The van der Waals surface area contributed by atoms with E-state index in [9.17, 15) is 4.79 Å². The van der Waals surface area contributed by atoms with E-state index in [1.165, 1.54) is 7.11 Å². The smallest absolute Gasteiger partial charge is 0.259 e. The van der Waals surface area contributed by atoms with Crippen LogP contribution in [0.5, 0.6) is 0 Å². The van der Waals surface area contributed by atoms with Gasteiger partial charge in [-0.25, -0.2) is 0 Å². The fourth-order valence-corrected chi connectivity index (χ4v) is 1.80. The van der Waals surface area contributed by atoms with Crippen LogP contribution in [0.15, 0.2) is 21.5 Å². The Labute approximate surface area is 110 Å². The summed E-state index contributed by atoms with van der Waals surface area (Å²) in [7, 11) is 1.54. The third-order valence-electron chi connectivity index (χ3n) is 2.57. The number of hydrogen-bond acceptors (Lipinski definition) is 5. The van der Waals surface area contributed by atoms with E-state index in [1.54, 1.807) is 6.07 Å². The molecule has 0 aliphatic heterocycles. The van der Waals surface area contributed by atoms with Gasteiger partial charge in [-0.05, 0) is 24.5 Å². The monoisotopic (exact) mass is 263 g/mol. The fraction of sp³-hybridized carbons (Fsp3) is 0.462. The molecule has 0 spiro atoms. The molecule has 0 aromatic carbocycles. The molecule has 0 aliphatic carbocycles. The summed E-state index contributed by atoms with van der Waals surface area (Å²) in [6.07, 6.45) is 0.830. The number of hydrogen-bond donors (Lipinski definition) is 1. The van der Waals surface area contributed by atoms with Gasteiger partial charge in [0.15, 0.2) is 0 Å². The highest BCUT2D eigenvalue weighted by Crippen LogP contribution is 2.12. The molecule has 0 saturated carbocycles. The summed E-state index contributed by atoms with van der Waals surface area (Å²) in [5.74, 6) is 1.12. The quantitative estimate of drug-likeness (QED) is 0.889. The Bertz CT molecular complexity index is 601. The van der Waals surface area contributed by atoms with Gasteiger partial charge < -0.3 is 14.2 Å². The zero-order valence-corrected chi connectivity index (χ0v) is 11.3. The number of rotatable bonds is 5. The third kappa shape index (κ3) is 3.29. The summed E-state index contributed by atoms with van der Waals surface area (Å²) >= 11 is 0. The lowest BCUT2D eigenvalue weighted by Crippen LogP contribution is -2.13. The molecule has 2 aromatic rings. The molecule has 2 rings (SSSR count). The number of aromatic amines is 1. The first kappa shape index (κ1) is 13.5. The molecule has 2 aromatic heterocycles. The Morgan fingerprint density at radius 3 is 2.84 bits per heavy atom. The van der Waals surface area contributed by atoms with Crippen LogP contribution in [0.25, 0.3) is 11.4 Å². The molecule has 0 saturated heterocycles. The molecule has 102 valence electrons. The second kappa shape index (κ2) is 5.79. The van der Waals surface area contributed by atoms with E-state index in [0.717, 1.165) is 12.1 Å². The van der Waals surface area contributed by atoms with Crippen molar-refractivity contribution in [3.8, 4) is 11.4 Å². The van der Waals surface area contributed by atoms with Gasteiger partial charge in [0.1, 0.15) is 6.61 Å². The van der Waals surface area contributed by atoms with Gasteiger partial charge in [-0.1, -0.05) is 19.0 Å². The minimum absolute atomic E-state index is 0.206. The van der Waals surface area contributed by atoms with E-state index in [4.69, 9.17) is 9.26 Å². The molecule has 19 heavy (non-hydrogen) atoms. The number of nitrogens with one attached hydrogen (secondary N) is 1. The van der Waals surface area contributed by atoms with Crippen molar-refractivity contribution in [3.05, 3.63) is 34.1 Å². The Hall–Kier alpha value is -1.95. The van der Waals surface area contributed by atoms with E-state index in [-0.39, 0.29) is 18.0 Å². The molecule has 0 radical (unpaired) electrons. The molecule has 1 N–H and O–H groups in total. The lowest BCUT2D eigenvalue weighted by Gasteiger charge is -2.04. The Morgan fingerprint density at radius 1 is 1.42 bits per heavy atom. The van der Waals surface area contributed by atoms with Gasteiger partial charge in [-0.3, -0.25) is 4.79 Å². The third-order valence-corrected chi connectivity index (χ3v) is 2.57. The molecule has 6 heteroatoms. The molecule has 0 atom stereocenters. The van der Waals surface area contributed by atoms with Crippen LogP contribution in [-0.4, -0.2) is 22.2 Å². The molecule has 0 unspecified atom stereocenters. The number of methoxy groups -OCH3 is 1. The maximum absolute atomic E-state index is 12.0. The number of nitrogens with zero attached hydrogens (tertiary/aromatic N) is 2. The van der Waals surface area contributed by atoms with Gasteiger partial charge >= 0.3 is 0 Å². The van der Waals surface area contributed by atoms with E-state index in [1.807, 2.05) is 6.07 Å². The van der Waals surface area contributed by atoms with Crippen molar-refractivity contribution >= 4 is 0 Å². The maximum atomic E-state index is 12.0. The summed E-state index contributed by atoms with van der Waals surface area (Å²) in [6, 6.07) is 3.60. The molecule has 0 fully saturated rings. The molecule has 0 amide bonds. The SMILES string of the molecule is COCc1nc(-c2ccc(CC(C)C)[nH]c2=O)no1. The van der Waals surface area contributed by atoms with Crippen LogP contribution in [0.3, 0.4) is 0 Å². The molecular formula is C13H17N3O3. The van der Waals surface area contributed by atoms with E-state index in [0.29, 0.717) is 17.4 Å². The summed E-state index contributed by atoms with van der Waals surface area (Å²) in [4.78, 5) is 18.9. The minimum atomic E-state index is -0.206. The summed E-state index contributed by atoms with van der Waals surface area (Å²) in [5.41, 5.74) is 1.10. The first-order valence-electron chi connectivity index (χ1n) is 6.14. The average Bonchev–Trinajstić information content (AvgIpc) is 2.77. The van der Waals surface area contributed by atoms with Crippen molar-refractivity contribution in [2.75, 3.05) is 7.11 Å². The van der Waals surface area contributed by atoms with Crippen molar-refractivity contribution < 1.29 is 9.26 Å². The molecular weight excluding hydrogens is 246 g/mol. The standard InChI is InChI=1S/C13H17N3O3/c1-8(2)6-9-4-5-10(13(17)14-9)12-15-11(7-18-3)19-16-12/h4-5,8H,6-7H2,1-3H3,(H,14,17). The van der Waals surface area contributed by atoms with Crippen molar-refractivity contribution in [1.82, 2.24) is 15.1 Å². The first-order valence-corrected chi connectivity index (χ1v) is 6.14. The van der Waals surface area contributed by atoms with Crippen LogP contribution >= 0.6 is 0 Å². The lowest BCUT2D eigenvalue weighted by molar-refractivity contribution is 0.151.